The first-order valence-electron chi connectivity index (χ1n) is 4.46. The van der Waals surface area contributed by atoms with Gasteiger partial charge in [-0.05, 0) is 28.8 Å². The van der Waals surface area contributed by atoms with Crippen LogP contribution in [0, 0.1) is 0 Å². The molecule has 0 N–H and O–H groups in total. The zero-order chi connectivity index (χ0) is 11.8. The van der Waals surface area contributed by atoms with Crippen molar-refractivity contribution in [3.8, 4) is 0 Å². The van der Waals surface area contributed by atoms with E-state index in [1.54, 1.807) is 6.26 Å². The monoisotopic (exact) mass is 257 g/mol. The van der Waals surface area contributed by atoms with E-state index in [2.05, 4.69) is 40.5 Å². The van der Waals surface area contributed by atoms with Crippen molar-refractivity contribution in [1.82, 2.24) is 5.16 Å². The average Bonchev–Trinajstić information content (AvgIpc) is 2.71. The Kier molecular flexibility index (Phi) is 5.61. The highest BCUT2D eigenvalue weighted by molar-refractivity contribution is 6.93. The fourth-order valence-electron chi connectivity index (χ4n) is 1.13. The van der Waals surface area contributed by atoms with Crippen molar-refractivity contribution in [2.24, 2.45) is 0 Å². The molecule has 16 heavy (non-hydrogen) atoms. The SMILES string of the molecule is O=C(Cl)Cl.c1ccc(Cc2ccon2)cc1. The third-order valence-electron chi connectivity index (χ3n) is 1.72. The lowest BCUT2D eigenvalue weighted by Crippen LogP contribution is -1.86. The van der Waals surface area contributed by atoms with Crippen LogP contribution in [-0.4, -0.2) is 9.86 Å². The van der Waals surface area contributed by atoms with E-state index in [1.807, 2.05) is 24.3 Å². The van der Waals surface area contributed by atoms with Crippen LogP contribution in [0.4, 0.5) is 4.79 Å². The normalized spacial score (nSPS) is 9.12. The Morgan fingerprint density at radius 1 is 1.19 bits per heavy atom. The quantitative estimate of drug-likeness (QED) is 0.768. The standard InChI is InChI=1S/C10H9NO.CCl2O/c1-2-4-9(5-3-1)8-10-6-7-12-11-10;2-1(3)4/h1-7H,8H2;. The maximum absolute atomic E-state index is 8.98. The van der Waals surface area contributed by atoms with Crippen LogP contribution in [0.25, 0.3) is 0 Å². The zero-order valence-corrected chi connectivity index (χ0v) is 9.78. The minimum absolute atomic E-state index is 0.845. The summed E-state index contributed by atoms with van der Waals surface area (Å²) in [5.41, 5.74) is 2.23. The Morgan fingerprint density at radius 3 is 2.31 bits per heavy atom. The van der Waals surface area contributed by atoms with Gasteiger partial charge in [-0.2, -0.15) is 0 Å². The van der Waals surface area contributed by atoms with Crippen molar-refractivity contribution in [3.05, 3.63) is 53.9 Å². The highest BCUT2D eigenvalue weighted by Crippen LogP contribution is 2.05. The van der Waals surface area contributed by atoms with E-state index >= 15 is 0 Å². The van der Waals surface area contributed by atoms with E-state index in [9.17, 15) is 0 Å². The number of hydrogen-bond acceptors (Lipinski definition) is 3. The Bertz CT molecular complexity index is 411. The number of rotatable bonds is 2. The third kappa shape index (κ3) is 5.53. The molecule has 0 aliphatic heterocycles. The van der Waals surface area contributed by atoms with Crippen molar-refractivity contribution in [2.45, 2.75) is 6.42 Å². The highest BCUT2D eigenvalue weighted by atomic mass is 35.5. The summed E-state index contributed by atoms with van der Waals surface area (Å²) >= 11 is 8.80. The summed E-state index contributed by atoms with van der Waals surface area (Å²) in [6, 6.07) is 12.1. The number of aromatic nitrogens is 1. The van der Waals surface area contributed by atoms with Gasteiger partial charge in [-0.15, -0.1) is 0 Å². The van der Waals surface area contributed by atoms with Gasteiger partial charge in [0, 0.05) is 12.5 Å². The van der Waals surface area contributed by atoms with E-state index in [0.29, 0.717) is 0 Å². The molecule has 0 unspecified atom stereocenters. The van der Waals surface area contributed by atoms with Crippen molar-refractivity contribution in [3.63, 3.8) is 0 Å². The number of benzene rings is 1. The molecule has 1 aromatic heterocycles. The Balaban J connectivity index is 0.000000280. The van der Waals surface area contributed by atoms with Crippen molar-refractivity contribution >= 4 is 27.9 Å². The van der Waals surface area contributed by atoms with E-state index in [0.717, 1.165) is 12.1 Å². The molecule has 0 saturated carbocycles. The van der Waals surface area contributed by atoms with Crippen molar-refractivity contribution in [2.75, 3.05) is 0 Å². The van der Waals surface area contributed by atoms with Gasteiger partial charge in [0.15, 0.2) is 0 Å². The summed E-state index contributed by atoms with van der Waals surface area (Å²) in [7, 11) is 0. The smallest absolute Gasteiger partial charge is 0.313 e. The van der Waals surface area contributed by atoms with Gasteiger partial charge in [0.05, 0.1) is 5.69 Å². The molecule has 0 saturated heterocycles. The maximum atomic E-state index is 8.98. The van der Waals surface area contributed by atoms with Crippen molar-refractivity contribution < 1.29 is 9.32 Å². The molecule has 3 nitrogen and oxygen atoms in total. The molecular weight excluding hydrogens is 249 g/mol. The van der Waals surface area contributed by atoms with Gasteiger partial charge < -0.3 is 4.52 Å². The predicted molar refractivity (Wildman–Crippen MR) is 62.9 cm³/mol. The molecule has 0 radical (unpaired) electrons. The zero-order valence-electron chi connectivity index (χ0n) is 8.27. The molecule has 0 spiro atoms. The molecule has 0 atom stereocenters. The summed E-state index contributed by atoms with van der Waals surface area (Å²) in [5, 5.41) is 3.84. The number of nitrogens with zero attached hydrogens (tertiary/aromatic N) is 1. The second kappa shape index (κ2) is 7.04. The summed E-state index contributed by atoms with van der Waals surface area (Å²) in [5.74, 6) is 0. The Labute approximate surface area is 103 Å². The molecule has 2 rings (SSSR count). The second-order valence-electron chi connectivity index (χ2n) is 2.88. The van der Waals surface area contributed by atoms with Crippen LogP contribution in [-0.2, 0) is 6.42 Å². The second-order valence-corrected chi connectivity index (χ2v) is 3.76. The number of carbonyl (C=O) groups excluding carboxylic acids is 1. The molecule has 5 heteroatoms. The van der Waals surface area contributed by atoms with Gasteiger partial charge in [0.25, 0.3) is 0 Å². The molecule has 0 amide bonds. The van der Waals surface area contributed by atoms with Gasteiger partial charge >= 0.3 is 4.70 Å². The fraction of sp³-hybridized carbons (Fsp3) is 0.0909. The molecule has 2 aromatic rings. The number of hydrogen-bond donors (Lipinski definition) is 0. The van der Waals surface area contributed by atoms with Gasteiger partial charge in [0.1, 0.15) is 6.26 Å². The molecule has 0 bridgehead atoms. The molecule has 1 heterocycles. The summed E-state index contributed by atoms with van der Waals surface area (Å²) in [4.78, 5) is 8.98. The molecule has 0 aliphatic carbocycles. The lowest BCUT2D eigenvalue weighted by Gasteiger charge is -1.94. The van der Waals surface area contributed by atoms with Gasteiger partial charge in [0.2, 0.25) is 0 Å². The van der Waals surface area contributed by atoms with E-state index in [4.69, 9.17) is 9.32 Å². The Morgan fingerprint density at radius 2 is 1.81 bits per heavy atom. The minimum Gasteiger partial charge on any atom is -0.365 e. The summed E-state index contributed by atoms with van der Waals surface area (Å²) in [6.07, 6.45) is 2.44. The van der Waals surface area contributed by atoms with Crippen LogP contribution in [0.3, 0.4) is 0 Å². The van der Waals surface area contributed by atoms with E-state index in [1.165, 1.54) is 5.56 Å². The van der Waals surface area contributed by atoms with Crippen LogP contribution in [0.1, 0.15) is 11.3 Å². The summed E-state index contributed by atoms with van der Waals surface area (Å²) in [6.45, 7) is 0. The lowest BCUT2D eigenvalue weighted by molar-refractivity contribution is 0.275. The fourth-order valence-corrected chi connectivity index (χ4v) is 1.13. The van der Waals surface area contributed by atoms with E-state index in [-0.39, 0.29) is 0 Å². The van der Waals surface area contributed by atoms with Gasteiger partial charge in [-0.25, -0.2) is 0 Å². The van der Waals surface area contributed by atoms with Crippen molar-refractivity contribution in [1.29, 1.82) is 0 Å². The number of halogens is 2. The topological polar surface area (TPSA) is 43.1 Å². The molecule has 0 aliphatic rings. The first-order chi connectivity index (χ1) is 7.68. The Hall–Kier alpha value is -1.32. The average molecular weight is 258 g/mol. The number of carbonyl (C=O) groups is 1. The molecule has 0 fully saturated rings. The van der Waals surface area contributed by atoms with Crippen LogP contribution in [0.5, 0.6) is 0 Å². The van der Waals surface area contributed by atoms with E-state index < -0.39 is 4.70 Å². The third-order valence-corrected chi connectivity index (χ3v) is 1.72. The largest absolute Gasteiger partial charge is 0.365 e. The molecule has 1 aromatic carbocycles. The highest BCUT2D eigenvalue weighted by Gasteiger charge is 1.96. The predicted octanol–water partition coefficient (Wildman–Crippen LogP) is 3.85. The van der Waals surface area contributed by atoms with Crippen LogP contribution < -0.4 is 0 Å². The van der Waals surface area contributed by atoms with Crippen LogP contribution in [0.2, 0.25) is 0 Å². The summed E-state index contributed by atoms with van der Waals surface area (Å²) < 4.78 is 3.85. The maximum Gasteiger partial charge on any atom is 0.313 e. The minimum atomic E-state index is -0.889. The van der Waals surface area contributed by atoms with Gasteiger partial charge in [-0.1, -0.05) is 35.5 Å². The van der Waals surface area contributed by atoms with Crippen LogP contribution >= 0.6 is 23.2 Å². The van der Waals surface area contributed by atoms with Crippen LogP contribution in [0.15, 0.2) is 47.2 Å². The molecular formula is C11H9Cl2NO2. The first-order valence-corrected chi connectivity index (χ1v) is 5.22. The lowest BCUT2D eigenvalue weighted by atomic mass is 10.1. The first kappa shape index (κ1) is 12.7. The van der Waals surface area contributed by atoms with Gasteiger partial charge in [-0.3, -0.25) is 4.79 Å². The molecule has 84 valence electrons.